The van der Waals surface area contributed by atoms with E-state index in [2.05, 4.69) is 4.90 Å². The minimum atomic E-state index is -0.522. The van der Waals surface area contributed by atoms with Crippen LogP contribution in [0.3, 0.4) is 0 Å². The molecule has 168 valence electrons. The molecule has 1 aliphatic heterocycles. The molecule has 0 N–H and O–H groups in total. The van der Waals surface area contributed by atoms with Crippen molar-refractivity contribution in [2.24, 2.45) is 0 Å². The average molecular weight is 445 g/mol. The predicted molar refractivity (Wildman–Crippen MR) is 124 cm³/mol. The molecule has 1 fully saturated rings. The number of hydrogen-bond donors (Lipinski definition) is 0. The molecule has 3 aromatic rings. The Kier molecular flexibility index (Phi) is 6.35. The van der Waals surface area contributed by atoms with E-state index in [1.165, 1.54) is 25.1 Å². The van der Waals surface area contributed by atoms with Crippen molar-refractivity contribution in [2.45, 2.75) is 6.92 Å². The smallest absolute Gasteiger partial charge is 0.270 e. The van der Waals surface area contributed by atoms with Gasteiger partial charge in [0.15, 0.2) is 5.78 Å². The molecular formula is C25H23N3O5. The molecule has 1 saturated heterocycles. The van der Waals surface area contributed by atoms with E-state index in [0.717, 1.165) is 5.69 Å². The molecule has 8 heteroatoms. The Morgan fingerprint density at radius 3 is 2.18 bits per heavy atom. The van der Waals surface area contributed by atoms with Crippen molar-refractivity contribution in [1.29, 1.82) is 0 Å². The molecule has 0 aromatic heterocycles. The molecule has 1 amide bonds. The number of Topliss-reactive ketones (excluding diaryl/α,β-unsaturated/α-hetero) is 1. The van der Waals surface area contributed by atoms with Crippen molar-refractivity contribution >= 4 is 23.1 Å². The van der Waals surface area contributed by atoms with E-state index in [0.29, 0.717) is 37.5 Å². The average Bonchev–Trinajstić information content (AvgIpc) is 2.84. The van der Waals surface area contributed by atoms with Gasteiger partial charge in [-0.15, -0.1) is 0 Å². The second-order valence-corrected chi connectivity index (χ2v) is 7.73. The van der Waals surface area contributed by atoms with Gasteiger partial charge in [0.1, 0.15) is 11.5 Å². The molecular weight excluding hydrogens is 422 g/mol. The summed E-state index contributed by atoms with van der Waals surface area (Å²) in [6, 6.07) is 20.4. The number of hydrogen-bond acceptors (Lipinski definition) is 6. The summed E-state index contributed by atoms with van der Waals surface area (Å²) in [4.78, 5) is 39.4. The number of nitro benzene ring substituents is 1. The van der Waals surface area contributed by atoms with Crippen LogP contribution in [-0.4, -0.2) is 47.7 Å². The molecule has 0 atom stereocenters. The number of nitro groups is 1. The normalized spacial score (nSPS) is 13.5. The minimum absolute atomic E-state index is 0.0162. The number of carbonyl (C=O) groups is 2. The van der Waals surface area contributed by atoms with Gasteiger partial charge in [-0.25, -0.2) is 0 Å². The third kappa shape index (κ3) is 5.01. The monoisotopic (exact) mass is 445 g/mol. The van der Waals surface area contributed by atoms with Gasteiger partial charge in [0.25, 0.3) is 11.6 Å². The fourth-order valence-electron chi connectivity index (χ4n) is 3.75. The maximum atomic E-state index is 13.3. The number of ether oxygens (including phenoxy) is 1. The second-order valence-electron chi connectivity index (χ2n) is 7.73. The number of nitrogens with zero attached hydrogens (tertiary/aromatic N) is 3. The molecule has 8 nitrogen and oxygen atoms in total. The summed E-state index contributed by atoms with van der Waals surface area (Å²) in [7, 11) is 0. The lowest BCUT2D eigenvalue weighted by Gasteiger charge is -2.36. The summed E-state index contributed by atoms with van der Waals surface area (Å²) < 4.78 is 5.87. The highest BCUT2D eigenvalue weighted by atomic mass is 16.6. The van der Waals surface area contributed by atoms with Crippen molar-refractivity contribution < 1.29 is 19.2 Å². The molecule has 33 heavy (non-hydrogen) atoms. The van der Waals surface area contributed by atoms with E-state index >= 15 is 0 Å². The Bertz CT molecular complexity index is 1170. The number of ketones is 1. The topological polar surface area (TPSA) is 93.0 Å². The highest BCUT2D eigenvalue weighted by Gasteiger charge is 2.26. The molecule has 4 rings (SSSR count). The first-order valence-corrected chi connectivity index (χ1v) is 10.6. The maximum absolute atomic E-state index is 13.3. The van der Waals surface area contributed by atoms with Crippen LogP contribution in [0.4, 0.5) is 11.4 Å². The number of amides is 1. The van der Waals surface area contributed by atoms with Crippen LogP contribution in [0.25, 0.3) is 0 Å². The summed E-state index contributed by atoms with van der Waals surface area (Å²) >= 11 is 0. The lowest BCUT2D eigenvalue weighted by atomic mass is 10.1. The van der Waals surface area contributed by atoms with Crippen LogP contribution in [0, 0.1) is 10.1 Å². The Morgan fingerprint density at radius 1 is 0.909 bits per heavy atom. The van der Waals surface area contributed by atoms with E-state index in [4.69, 9.17) is 4.74 Å². The summed E-state index contributed by atoms with van der Waals surface area (Å²) in [5.41, 5.74) is 1.63. The Hall–Kier alpha value is -4.20. The molecule has 0 radical (unpaired) electrons. The van der Waals surface area contributed by atoms with Crippen LogP contribution in [-0.2, 0) is 0 Å². The summed E-state index contributed by atoms with van der Waals surface area (Å²) in [6.45, 7) is 3.66. The first kappa shape index (κ1) is 22.0. The lowest BCUT2D eigenvalue weighted by molar-refractivity contribution is -0.384. The molecule has 1 aliphatic rings. The molecule has 0 unspecified atom stereocenters. The first-order chi connectivity index (χ1) is 15.9. The number of anilines is 1. The van der Waals surface area contributed by atoms with Crippen molar-refractivity contribution in [1.82, 2.24) is 4.90 Å². The van der Waals surface area contributed by atoms with E-state index < -0.39 is 4.92 Å². The highest BCUT2D eigenvalue weighted by Crippen LogP contribution is 2.30. The summed E-state index contributed by atoms with van der Waals surface area (Å²) in [5.74, 6) is 0.525. The highest BCUT2D eigenvalue weighted by molar-refractivity contribution is 5.98. The summed E-state index contributed by atoms with van der Waals surface area (Å²) in [6.07, 6.45) is 0. The van der Waals surface area contributed by atoms with Crippen molar-refractivity contribution in [3.05, 3.63) is 94.0 Å². The van der Waals surface area contributed by atoms with Gasteiger partial charge in [0, 0.05) is 49.6 Å². The van der Waals surface area contributed by atoms with Gasteiger partial charge < -0.3 is 14.5 Å². The number of rotatable bonds is 6. The molecule has 3 aromatic carbocycles. The molecule has 1 heterocycles. The molecule has 0 aliphatic carbocycles. The zero-order valence-electron chi connectivity index (χ0n) is 18.1. The van der Waals surface area contributed by atoms with Gasteiger partial charge in [-0.1, -0.05) is 18.2 Å². The first-order valence-electron chi connectivity index (χ1n) is 10.6. The van der Waals surface area contributed by atoms with Gasteiger partial charge in [0.05, 0.1) is 10.5 Å². The lowest BCUT2D eigenvalue weighted by Crippen LogP contribution is -2.48. The van der Waals surface area contributed by atoms with Crippen molar-refractivity contribution in [3.63, 3.8) is 0 Å². The zero-order valence-corrected chi connectivity index (χ0v) is 18.1. The fraction of sp³-hybridized carbons (Fsp3) is 0.200. The van der Waals surface area contributed by atoms with Crippen LogP contribution in [0.2, 0.25) is 0 Å². The molecule has 0 spiro atoms. The van der Waals surface area contributed by atoms with Crippen molar-refractivity contribution in [2.75, 3.05) is 31.1 Å². The number of non-ortho nitro benzene ring substituents is 1. The molecule has 0 saturated carbocycles. The summed E-state index contributed by atoms with van der Waals surface area (Å²) in [5, 5.41) is 11.3. The van der Waals surface area contributed by atoms with E-state index in [9.17, 15) is 19.7 Å². The number of carbonyl (C=O) groups excluding carboxylic acids is 2. The third-order valence-corrected chi connectivity index (χ3v) is 5.58. The predicted octanol–water partition coefficient (Wildman–Crippen LogP) is 4.55. The Labute approximate surface area is 191 Å². The third-order valence-electron chi connectivity index (χ3n) is 5.58. The SMILES string of the molecule is CC(=O)c1ccc(N2CCN(C(=O)c3cc([N+](=O)[O-])ccc3Oc3ccccc3)CC2)cc1. The fourth-order valence-corrected chi connectivity index (χ4v) is 3.75. The van der Waals surface area contributed by atoms with Crippen LogP contribution >= 0.6 is 0 Å². The van der Waals surface area contributed by atoms with E-state index in [1.54, 1.807) is 29.2 Å². The van der Waals surface area contributed by atoms with Gasteiger partial charge in [-0.2, -0.15) is 0 Å². The van der Waals surface area contributed by atoms with Gasteiger partial charge in [0.2, 0.25) is 0 Å². The second kappa shape index (κ2) is 9.52. The number of benzene rings is 3. The van der Waals surface area contributed by atoms with Crippen LogP contribution in [0.15, 0.2) is 72.8 Å². The van der Waals surface area contributed by atoms with Gasteiger partial charge >= 0.3 is 0 Å². The number of piperazine rings is 1. The van der Waals surface area contributed by atoms with Gasteiger partial charge in [-0.3, -0.25) is 19.7 Å². The van der Waals surface area contributed by atoms with E-state index in [-0.39, 0.29) is 28.7 Å². The molecule has 0 bridgehead atoms. The quantitative estimate of drug-likeness (QED) is 0.314. The zero-order chi connectivity index (χ0) is 23.4. The van der Waals surface area contributed by atoms with Crippen LogP contribution in [0.1, 0.15) is 27.6 Å². The van der Waals surface area contributed by atoms with Crippen LogP contribution in [0.5, 0.6) is 11.5 Å². The van der Waals surface area contributed by atoms with Gasteiger partial charge in [-0.05, 0) is 49.4 Å². The Balaban J connectivity index is 1.51. The van der Waals surface area contributed by atoms with Crippen LogP contribution < -0.4 is 9.64 Å². The maximum Gasteiger partial charge on any atom is 0.270 e. The van der Waals surface area contributed by atoms with E-state index in [1.807, 2.05) is 30.3 Å². The largest absolute Gasteiger partial charge is 0.457 e. The Morgan fingerprint density at radius 2 is 1.58 bits per heavy atom. The van der Waals surface area contributed by atoms with Crippen molar-refractivity contribution in [3.8, 4) is 11.5 Å². The number of para-hydroxylation sites is 1. The standard InChI is InChI=1S/C25H23N3O5/c1-18(29)19-7-9-20(10-8-19)26-13-15-27(16-14-26)25(30)23-17-21(28(31)32)11-12-24(23)33-22-5-3-2-4-6-22/h2-12,17H,13-16H2,1H3. The minimum Gasteiger partial charge on any atom is -0.457 e.